The number of benzene rings is 2. The molecule has 0 amide bonds. The van der Waals surface area contributed by atoms with Crippen molar-refractivity contribution in [1.82, 2.24) is 9.47 Å². The number of carbonyl (C=O) groups is 1. The van der Waals surface area contributed by atoms with Crippen LogP contribution in [-0.2, 0) is 13.1 Å². The number of hydrogen-bond acceptors (Lipinski definition) is 4. The molecular weight excluding hydrogens is 407 g/mol. The number of aromatic nitrogens is 1. The number of aryl methyl sites for hydroxylation is 1. The fraction of sp³-hybridized carbons (Fsp3) is 0.346. The molecule has 0 aliphatic rings. The molecule has 0 aliphatic heterocycles. The van der Waals surface area contributed by atoms with Crippen LogP contribution in [0.3, 0.4) is 0 Å². The monoisotopic (exact) mass is 438 g/mol. The first kappa shape index (κ1) is 23.5. The number of methoxy groups -OCH3 is 1. The molecular formula is C26H31FN2O3. The Hall–Kier alpha value is -3.12. The molecule has 5 nitrogen and oxygen atoms in total. The molecule has 0 spiro atoms. The van der Waals surface area contributed by atoms with Crippen LogP contribution < -0.4 is 9.47 Å². The second-order valence-electron chi connectivity index (χ2n) is 8.01. The lowest BCUT2D eigenvalue weighted by Gasteiger charge is -2.17. The van der Waals surface area contributed by atoms with Crippen molar-refractivity contribution >= 4 is 5.78 Å². The number of Topliss-reactive ketones (excluding diaryl/α,β-unsaturated/α-hetero) is 1. The topological polar surface area (TPSA) is 43.7 Å². The van der Waals surface area contributed by atoms with Gasteiger partial charge in [0.05, 0.1) is 20.3 Å². The van der Waals surface area contributed by atoms with Gasteiger partial charge in [0.15, 0.2) is 17.3 Å². The van der Waals surface area contributed by atoms with E-state index in [0.717, 1.165) is 28.1 Å². The number of nitrogens with zero attached hydrogens (tertiary/aromatic N) is 2. The van der Waals surface area contributed by atoms with E-state index in [4.69, 9.17) is 9.47 Å². The summed E-state index contributed by atoms with van der Waals surface area (Å²) in [4.78, 5) is 15.0. The summed E-state index contributed by atoms with van der Waals surface area (Å²) in [5, 5.41) is 0. The predicted molar refractivity (Wildman–Crippen MR) is 124 cm³/mol. The minimum absolute atomic E-state index is 0.0730. The second-order valence-corrected chi connectivity index (χ2v) is 8.01. The molecule has 0 fully saturated rings. The quantitative estimate of drug-likeness (QED) is 0.417. The van der Waals surface area contributed by atoms with Crippen molar-refractivity contribution in [2.75, 3.05) is 27.3 Å². The maximum Gasteiger partial charge on any atom is 0.178 e. The van der Waals surface area contributed by atoms with E-state index in [9.17, 15) is 9.18 Å². The number of hydrogen-bond donors (Lipinski definition) is 0. The molecule has 3 aromatic rings. The Kier molecular flexibility index (Phi) is 7.70. The Balaban J connectivity index is 1.68. The summed E-state index contributed by atoms with van der Waals surface area (Å²) < 4.78 is 26.3. The van der Waals surface area contributed by atoms with Crippen LogP contribution in [0.15, 0.2) is 48.5 Å². The van der Waals surface area contributed by atoms with E-state index in [2.05, 4.69) is 4.57 Å². The van der Waals surface area contributed by atoms with E-state index < -0.39 is 0 Å². The van der Waals surface area contributed by atoms with E-state index >= 15 is 0 Å². The van der Waals surface area contributed by atoms with Crippen molar-refractivity contribution in [1.29, 1.82) is 0 Å². The van der Waals surface area contributed by atoms with Gasteiger partial charge in [-0.3, -0.25) is 9.69 Å². The first-order valence-corrected chi connectivity index (χ1v) is 10.7. The largest absolute Gasteiger partial charge is 0.493 e. The van der Waals surface area contributed by atoms with Gasteiger partial charge in [0.25, 0.3) is 0 Å². The van der Waals surface area contributed by atoms with Gasteiger partial charge >= 0.3 is 0 Å². The molecule has 6 heteroatoms. The fourth-order valence-corrected chi connectivity index (χ4v) is 3.88. The highest BCUT2D eigenvalue weighted by Crippen LogP contribution is 2.28. The fourth-order valence-electron chi connectivity index (χ4n) is 3.88. The molecule has 1 heterocycles. The van der Waals surface area contributed by atoms with Crippen LogP contribution in [0.1, 0.15) is 39.8 Å². The van der Waals surface area contributed by atoms with Gasteiger partial charge < -0.3 is 14.0 Å². The van der Waals surface area contributed by atoms with Crippen LogP contribution in [0.5, 0.6) is 11.5 Å². The average molecular weight is 439 g/mol. The van der Waals surface area contributed by atoms with Gasteiger partial charge in [0, 0.05) is 30.0 Å². The third-order valence-electron chi connectivity index (χ3n) is 5.52. The van der Waals surface area contributed by atoms with E-state index in [0.29, 0.717) is 37.7 Å². The first-order chi connectivity index (χ1) is 15.3. The zero-order valence-electron chi connectivity index (χ0n) is 19.4. The highest BCUT2D eigenvalue weighted by molar-refractivity contribution is 5.99. The summed E-state index contributed by atoms with van der Waals surface area (Å²) in [5.41, 5.74) is 4.69. The lowest BCUT2D eigenvalue weighted by atomic mass is 10.1. The minimum Gasteiger partial charge on any atom is -0.493 e. The number of ketones is 1. The van der Waals surface area contributed by atoms with Gasteiger partial charge in [0.1, 0.15) is 5.82 Å². The van der Waals surface area contributed by atoms with Gasteiger partial charge in [-0.05, 0) is 69.3 Å². The van der Waals surface area contributed by atoms with E-state index in [-0.39, 0.29) is 11.6 Å². The Bertz CT molecular complexity index is 1070. The zero-order chi connectivity index (χ0) is 23.3. The van der Waals surface area contributed by atoms with Gasteiger partial charge in [-0.1, -0.05) is 18.2 Å². The Morgan fingerprint density at radius 2 is 1.72 bits per heavy atom. The molecule has 0 saturated carbocycles. The van der Waals surface area contributed by atoms with Gasteiger partial charge in [-0.25, -0.2) is 4.39 Å². The SMILES string of the molecule is CCOc1ccc(CN(C)CC(=O)c2cc(C)n(Cc3ccc(F)cc3)c2C)cc1OC. The molecule has 0 aliphatic carbocycles. The van der Waals surface area contributed by atoms with Crippen LogP contribution in [0.2, 0.25) is 0 Å². The van der Waals surface area contributed by atoms with Crippen molar-refractivity contribution in [2.45, 2.75) is 33.9 Å². The molecule has 0 bridgehead atoms. The zero-order valence-corrected chi connectivity index (χ0v) is 19.4. The number of rotatable bonds is 10. The van der Waals surface area contributed by atoms with Gasteiger partial charge in [-0.2, -0.15) is 0 Å². The lowest BCUT2D eigenvalue weighted by molar-refractivity contribution is 0.0942. The Morgan fingerprint density at radius 1 is 1.03 bits per heavy atom. The standard InChI is InChI=1S/C26H31FN2O3/c1-6-32-25-12-9-21(14-26(25)31-5)15-28(4)17-24(30)23-13-18(2)29(19(23)3)16-20-7-10-22(27)11-8-20/h7-14H,6,15-17H2,1-5H3. The van der Waals surface area contributed by atoms with Gasteiger partial charge in [-0.15, -0.1) is 0 Å². The lowest BCUT2D eigenvalue weighted by Crippen LogP contribution is -2.26. The summed E-state index contributed by atoms with van der Waals surface area (Å²) in [6.45, 7) is 7.98. The summed E-state index contributed by atoms with van der Waals surface area (Å²) in [5.74, 6) is 1.22. The molecule has 0 atom stereocenters. The van der Waals surface area contributed by atoms with Crippen molar-refractivity contribution < 1.29 is 18.7 Å². The van der Waals surface area contributed by atoms with Crippen molar-refractivity contribution in [2.24, 2.45) is 0 Å². The maximum absolute atomic E-state index is 13.2. The molecule has 1 aromatic heterocycles. The second kappa shape index (κ2) is 10.5. The summed E-state index contributed by atoms with van der Waals surface area (Å²) in [6, 6.07) is 14.2. The molecule has 0 saturated heterocycles. The van der Waals surface area contributed by atoms with E-state index in [1.807, 2.05) is 57.0 Å². The maximum atomic E-state index is 13.2. The molecule has 0 N–H and O–H groups in total. The Morgan fingerprint density at radius 3 is 2.38 bits per heavy atom. The highest BCUT2D eigenvalue weighted by Gasteiger charge is 2.18. The number of likely N-dealkylation sites (N-methyl/N-ethyl adjacent to an activating group) is 1. The van der Waals surface area contributed by atoms with Crippen LogP contribution in [0.25, 0.3) is 0 Å². The molecule has 32 heavy (non-hydrogen) atoms. The average Bonchev–Trinajstić information content (AvgIpc) is 3.04. The van der Waals surface area contributed by atoms with E-state index in [1.165, 1.54) is 12.1 Å². The van der Waals surface area contributed by atoms with Crippen molar-refractivity contribution in [3.63, 3.8) is 0 Å². The number of carbonyl (C=O) groups excluding carboxylic acids is 1. The van der Waals surface area contributed by atoms with Gasteiger partial charge in [0.2, 0.25) is 0 Å². The first-order valence-electron chi connectivity index (χ1n) is 10.7. The van der Waals surface area contributed by atoms with Crippen LogP contribution in [-0.4, -0.2) is 42.6 Å². The third-order valence-corrected chi connectivity index (χ3v) is 5.52. The molecule has 0 radical (unpaired) electrons. The molecule has 3 rings (SSSR count). The summed E-state index contributed by atoms with van der Waals surface area (Å²) >= 11 is 0. The van der Waals surface area contributed by atoms with Crippen LogP contribution >= 0.6 is 0 Å². The smallest absolute Gasteiger partial charge is 0.178 e. The minimum atomic E-state index is -0.251. The normalized spacial score (nSPS) is 11.1. The summed E-state index contributed by atoms with van der Waals surface area (Å²) in [7, 11) is 3.55. The number of halogens is 1. The van der Waals surface area contributed by atoms with Crippen LogP contribution in [0.4, 0.5) is 4.39 Å². The third kappa shape index (κ3) is 5.56. The van der Waals surface area contributed by atoms with Crippen molar-refractivity contribution in [3.05, 3.63) is 82.4 Å². The van der Waals surface area contributed by atoms with Crippen LogP contribution in [0, 0.1) is 19.7 Å². The highest BCUT2D eigenvalue weighted by atomic mass is 19.1. The number of ether oxygens (including phenoxy) is 2. The van der Waals surface area contributed by atoms with E-state index in [1.54, 1.807) is 19.2 Å². The summed E-state index contributed by atoms with van der Waals surface area (Å²) in [6.07, 6.45) is 0. The van der Waals surface area contributed by atoms with Crippen molar-refractivity contribution in [3.8, 4) is 11.5 Å². The predicted octanol–water partition coefficient (Wildman–Crippen LogP) is 5.01. The molecule has 2 aromatic carbocycles. The Labute approximate surface area is 189 Å². The molecule has 0 unspecified atom stereocenters. The molecule has 170 valence electrons.